The molecule has 2 heterocycles. The number of hydrogen-bond acceptors (Lipinski definition) is 5. The van der Waals surface area contributed by atoms with Gasteiger partial charge in [-0.2, -0.15) is 5.10 Å². The van der Waals surface area contributed by atoms with Crippen LogP contribution in [0.1, 0.15) is 52.8 Å². The Labute approximate surface area is 177 Å². The molecule has 3 rings (SSSR count). The quantitative estimate of drug-likeness (QED) is 0.479. The molecule has 0 saturated heterocycles. The van der Waals surface area contributed by atoms with Crippen molar-refractivity contribution in [2.24, 2.45) is 0 Å². The lowest BCUT2D eigenvalue weighted by Crippen LogP contribution is -2.13. The molecule has 1 N–H and O–H groups in total. The number of amides is 1. The van der Waals surface area contributed by atoms with Crippen molar-refractivity contribution in [3.8, 4) is 0 Å². The predicted octanol–water partition coefficient (Wildman–Crippen LogP) is 5.38. The number of unbranched alkanes of at least 4 members (excludes halogenated alkanes) is 2. The average molecular weight is 438 g/mol. The third-order valence-corrected chi connectivity index (χ3v) is 5.90. The van der Waals surface area contributed by atoms with Crippen molar-refractivity contribution in [1.29, 1.82) is 0 Å². The Kier molecular flexibility index (Phi) is 7.04. The van der Waals surface area contributed by atoms with E-state index in [9.17, 15) is 4.79 Å². The van der Waals surface area contributed by atoms with Crippen molar-refractivity contribution in [1.82, 2.24) is 20.0 Å². The lowest BCUT2D eigenvalue weighted by Gasteiger charge is -2.06. The van der Waals surface area contributed by atoms with E-state index in [4.69, 9.17) is 23.2 Å². The molecule has 148 valence electrons. The highest BCUT2D eigenvalue weighted by molar-refractivity contribution is 7.15. The van der Waals surface area contributed by atoms with Crippen LogP contribution < -0.4 is 5.32 Å². The number of nitrogens with one attached hydrogen (secondary N) is 1. The molecule has 0 aliphatic heterocycles. The van der Waals surface area contributed by atoms with E-state index in [1.54, 1.807) is 11.6 Å². The van der Waals surface area contributed by atoms with E-state index >= 15 is 0 Å². The number of rotatable bonds is 8. The Morgan fingerprint density at radius 1 is 1.21 bits per heavy atom. The van der Waals surface area contributed by atoms with Crippen molar-refractivity contribution in [3.05, 3.63) is 56.3 Å². The molecule has 9 heteroatoms. The summed E-state index contributed by atoms with van der Waals surface area (Å²) in [7, 11) is 0. The summed E-state index contributed by atoms with van der Waals surface area (Å²) in [5, 5.41) is 17.6. The molecule has 6 nitrogen and oxygen atoms in total. The minimum Gasteiger partial charge on any atom is -0.296 e. The summed E-state index contributed by atoms with van der Waals surface area (Å²) in [5.74, 6) is -0.343. The van der Waals surface area contributed by atoms with Gasteiger partial charge in [0.1, 0.15) is 10.2 Å². The first-order valence-corrected chi connectivity index (χ1v) is 10.7. The minimum absolute atomic E-state index is 0.266. The fraction of sp³-hybridized carbons (Fsp3) is 0.368. The van der Waals surface area contributed by atoms with Gasteiger partial charge < -0.3 is 0 Å². The molecule has 0 fully saturated rings. The Hall–Kier alpha value is -1.96. The molecule has 0 atom stereocenters. The van der Waals surface area contributed by atoms with Crippen LogP contribution in [0.15, 0.2) is 24.3 Å². The Morgan fingerprint density at radius 2 is 2.00 bits per heavy atom. The number of hydrogen-bond donors (Lipinski definition) is 1. The average Bonchev–Trinajstić information content (AvgIpc) is 3.21. The molecule has 1 amide bonds. The zero-order valence-corrected chi connectivity index (χ0v) is 18.0. The maximum absolute atomic E-state index is 12.7. The number of nitrogens with zero attached hydrogens (tertiary/aromatic N) is 4. The van der Waals surface area contributed by atoms with Gasteiger partial charge in [-0.15, -0.1) is 10.2 Å². The maximum Gasteiger partial charge on any atom is 0.262 e. The Balaban J connectivity index is 1.72. The summed E-state index contributed by atoms with van der Waals surface area (Å²) in [4.78, 5) is 12.7. The van der Waals surface area contributed by atoms with Crippen LogP contribution >= 0.6 is 34.5 Å². The lowest BCUT2D eigenvalue weighted by molar-refractivity contribution is 0.102. The summed E-state index contributed by atoms with van der Waals surface area (Å²) in [6.45, 7) is 4.29. The van der Waals surface area contributed by atoms with Gasteiger partial charge >= 0.3 is 0 Å². The van der Waals surface area contributed by atoms with E-state index in [-0.39, 0.29) is 11.1 Å². The van der Waals surface area contributed by atoms with Crippen LogP contribution in [-0.4, -0.2) is 25.9 Å². The van der Waals surface area contributed by atoms with Crippen molar-refractivity contribution in [2.75, 3.05) is 5.32 Å². The zero-order valence-electron chi connectivity index (χ0n) is 15.7. The first kappa shape index (κ1) is 20.8. The summed E-state index contributed by atoms with van der Waals surface area (Å²) in [6.07, 6.45) is 4.24. The topological polar surface area (TPSA) is 72.7 Å². The molecule has 0 aliphatic rings. The largest absolute Gasteiger partial charge is 0.296 e. The van der Waals surface area contributed by atoms with Gasteiger partial charge in [-0.3, -0.25) is 10.1 Å². The highest BCUT2D eigenvalue weighted by atomic mass is 35.5. The molecule has 0 saturated carbocycles. The van der Waals surface area contributed by atoms with E-state index in [0.29, 0.717) is 28.0 Å². The second kappa shape index (κ2) is 9.49. The molecule has 3 aromatic rings. The van der Waals surface area contributed by atoms with Gasteiger partial charge in [-0.25, -0.2) is 4.68 Å². The van der Waals surface area contributed by atoms with E-state index in [2.05, 4.69) is 27.5 Å². The van der Waals surface area contributed by atoms with Gasteiger partial charge in [0.25, 0.3) is 5.91 Å². The maximum atomic E-state index is 12.7. The fourth-order valence-electron chi connectivity index (χ4n) is 2.80. The number of carbonyl (C=O) groups excluding carboxylic acids is 1. The molecular weight excluding hydrogens is 417 g/mol. The van der Waals surface area contributed by atoms with Crippen molar-refractivity contribution >= 4 is 45.6 Å². The Morgan fingerprint density at radius 3 is 2.75 bits per heavy atom. The molecule has 2 aromatic heterocycles. The molecule has 0 unspecified atom stereocenters. The van der Waals surface area contributed by atoms with Crippen LogP contribution in [0.3, 0.4) is 0 Å². The van der Waals surface area contributed by atoms with E-state index < -0.39 is 0 Å². The standard InChI is InChI=1S/C19H21Cl2N5OS/c1-3-4-5-10-15-23-24-19(28-15)22-18(27)16-12(2)25-26(17(16)21)11-13-8-6-7-9-14(13)20/h6-9H,3-5,10-11H2,1-2H3,(H,22,24,27). The van der Waals surface area contributed by atoms with Crippen LogP contribution in [-0.2, 0) is 13.0 Å². The number of aryl methyl sites for hydroxylation is 2. The first-order valence-electron chi connectivity index (χ1n) is 9.09. The number of anilines is 1. The second-order valence-corrected chi connectivity index (χ2v) is 8.24. The van der Waals surface area contributed by atoms with Crippen LogP contribution in [0.2, 0.25) is 10.2 Å². The molecule has 1 aromatic carbocycles. The van der Waals surface area contributed by atoms with Gasteiger partial charge in [0.05, 0.1) is 17.8 Å². The van der Waals surface area contributed by atoms with E-state index in [1.165, 1.54) is 11.3 Å². The highest BCUT2D eigenvalue weighted by Gasteiger charge is 2.22. The third kappa shape index (κ3) is 4.90. The number of carbonyl (C=O) groups is 1. The number of benzene rings is 1. The smallest absolute Gasteiger partial charge is 0.262 e. The molecule has 0 radical (unpaired) electrons. The number of halogens is 2. The summed E-state index contributed by atoms with van der Waals surface area (Å²) in [6, 6.07) is 7.46. The molecule has 0 bridgehead atoms. The van der Waals surface area contributed by atoms with Crippen molar-refractivity contribution in [3.63, 3.8) is 0 Å². The predicted molar refractivity (Wildman–Crippen MR) is 114 cm³/mol. The lowest BCUT2D eigenvalue weighted by atomic mass is 10.2. The van der Waals surface area contributed by atoms with E-state index in [1.807, 2.05) is 24.3 Å². The number of aromatic nitrogens is 4. The molecular formula is C19H21Cl2N5OS. The molecule has 28 heavy (non-hydrogen) atoms. The van der Waals surface area contributed by atoms with Gasteiger partial charge in [0, 0.05) is 11.4 Å². The SMILES string of the molecule is CCCCCc1nnc(NC(=O)c2c(C)nn(Cc3ccccc3Cl)c2Cl)s1. The zero-order chi connectivity index (χ0) is 20.1. The Bertz CT molecular complexity index is 969. The fourth-order valence-corrected chi connectivity index (χ4v) is 4.09. The molecule has 0 aliphatic carbocycles. The second-order valence-electron chi connectivity index (χ2n) is 6.41. The van der Waals surface area contributed by atoms with Crippen LogP contribution in [0.25, 0.3) is 0 Å². The van der Waals surface area contributed by atoms with E-state index in [0.717, 1.165) is 36.3 Å². The van der Waals surface area contributed by atoms with Gasteiger partial charge in [0.15, 0.2) is 0 Å². The highest BCUT2D eigenvalue weighted by Crippen LogP contribution is 2.25. The summed E-state index contributed by atoms with van der Waals surface area (Å²) < 4.78 is 1.57. The van der Waals surface area contributed by atoms with Crippen molar-refractivity contribution in [2.45, 2.75) is 46.1 Å². The summed E-state index contributed by atoms with van der Waals surface area (Å²) >= 11 is 14.0. The third-order valence-electron chi connectivity index (χ3n) is 4.25. The van der Waals surface area contributed by atoms with Crippen LogP contribution in [0.4, 0.5) is 5.13 Å². The molecule has 0 spiro atoms. The van der Waals surface area contributed by atoms with Crippen LogP contribution in [0.5, 0.6) is 0 Å². The van der Waals surface area contributed by atoms with Crippen LogP contribution in [0, 0.1) is 6.92 Å². The van der Waals surface area contributed by atoms with Gasteiger partial charge in [0.2, 0.25) is 5.13 Å². The van der Waals surface area contributed by atoms with Gasteiger partial charge in [-0.05, 0) is 25.0 Å². The first-order chi connectivity index (χ1) is 13.5. The normalized spacial score (nSPS) is 11.0. The van der Waals surface area contributed by atoms with Crippen molar-refractivity contribution < 1.29 is 4.79 Å². The monoisotopic (exact) mass is 437 g/mol. The minimum atomic E-state index is -0.343. The summed E-state index contributed by atoms with van der Waals surface area (Å²) in [5.41, 5.74) is 1.75. The van der Waals surface area contributed by atoms with Gasteiger partial charge in [-0.1, -0.05) is 72.5 Å².